The van der Waals surface area contributed by atoms with Crippen molar-refractivity contribution in [2.24, 2.45) is 5.92 Å². The van der Waals surface area contributed by atoms with E-state index >= 15 is 0 Å². The lowest BCUT2D eigenvalue weighted by Gasteiger charge is -2.20. The van der Waals surface area contributed by atoms with E-state index in [-0.39, 0.29) is 24.3 Å². The SMILES string of the molecule is Cc1cccc(C(NC(=O)CC(C)NC(=O)C2CCCC2)C(=O)O)c1C. The van der Waals surface area contributed by atoms with E-state index in [9.17, 15) is 19.5 Å². The first-order valence-electron chi connectivity index (χ1n) is 9.18. The van der Waals surface area contributed by atoms with Gasteiger partial charge in [0.25, 0.3) is 0 Å². The number of benzene rings is 1. The second-order valence-corrected chi connectivity index (χ2v) is 7.22. The molecule has 1 fully saturated rings. The van der Waals surface area contributed by atoms with Gasteiger partial charge in [-0.2, -0.15) is 0 Å². The van der Waals surface area contributed by atoms with Gasteiger partial charge >= 0.3 is 5.97 Å². The van der Waals surface area contributed by atoms with Crippen LogP contribution in [0, 0.1) is 19.8 Å². The molecule has 6 heteroatoms. The van der Waals surface area contributed by atoms with Crippen molar-refractivity contribution in [2.75, 3.05) is 0 Å². The zero-order chi connectivity index (χ0) is 19.3. The standard InChI is InChI=1S/C20H28N2O4/c1-12-7-6-10-16(14(12)3)18(20(25)26)22-17(23)11-13(2)21-19(24)15-8-4-5-9-15/h6-7,10,13,15,18H,4-5,8-9,11H2,1-3H3,(H,21,24)(H,22,23)(H,25,26). The second-order valence-electron chi connectivity index (χ2n) is 7.22. The fourth-order valence-electron chi connectivity index (χ4n) is 3.46. The normalized spacial score (nSPS) is 16.7. The van der Waals surface area contributed by atoms with Crippen LogP contribution < -0.4 is 10.6 Å². The van der Waals surface area contributed by atoms with Gasteiger partial charge in [-0.3, -0.25) is 9.59 Å². The molecule has 2 rings (SSSR count). The average molecular weight is 360 g/mol. The van der Waals surface area contributed by atoms with Gasteiger partial charge in [-0.05, 0) is 50.3 Å². The van der Waals surface area contributed by atoms with Crippen LogP contribution in [-0.2, 0) is 14.4 Å². The highest BCUT2D eigenvalue weighted by atomic mass is 16.4. The molecule has 2 unspecified atom stereocenters. The van der Waals surface area contributed by atoms with Crippen LogP contribution >= 0.6 is 0 Å². The van der Waals surface area contributed by atoms with E-state index in [0.717, 1.165) is 36.8 Å². The first-order valence-corrected chi connectivity index (χ1v) is 9.18. The number of carboxylic acids is 1. The van der Waals surface area contributed by atoms with Gasteiger partial charge in [-0.15, -0.1) is 0 Å². The summed E-state index contributed by atoms with van der Waals surface area (Å²) in [5.41, 5.74) is 2.40. The van der Waals surface area contributed by atoms with E-state index in [0.29, 0.717) is 5.56 Å². The number of amides is 2. The van der Waals surface area contributed by atoms with Crippen molar-refractivity contribution in [1.82, 2.24) is 10.6 Å². The van der Waals surface area contributed by atoms with Crippen LogP contribution in [0.2, 0.25) is 0 Å². The van der Waals surface area contributed by atoms with E-state index in [1.807, 2.05) is 19.9 Å². The van der Waals surface area contributed by atoms with Crippen LogP contribution in [0.1, 0.15) is 61.8 Å². The summed E-state index contributed by atoms with van der Waals surface area (Å²) < 4.78 is 0. The molecule has 142 valence electrons. The Hall–Kier alpha value is -2.37. The molecule has 6 nitrogen and oxygen atoms in total. The van der Waals surface area contributed by atoms with Crippen molar-refractivity contribution in [3.8, 4) is 0 Å². The smallest absolute Gasteiger partial charge is 0.330 e. The van der Waals surface area contributed by atoms with Crippen molar-refractivity contribution >= 4 is 17.8 Å². The fourth-order valence-corrected chi connectivity index (χ4v) is 3.46. The summed E-state index contributed by atoms with van der Waals surface area (Å²) in [4.78, 5) is 36.1. The molecule has 1 aliphatic rings. The highest BCUT2D eigenvalue weighted by molar-refractivity contribution is 5.86. The molecule has 0 bridgehead atoms. The maximum atomic E-state index is 12.3. The molecule has 1 saturated carbocycles. The van der Waals surface area contributed by atoms with E-state index in [1.165, 1.54) is 0 Å². The molecular formula is C20H28N2O4. The van der Waals surface area contributed by atoms with Gasteiger partial charge in [0.15, 0.2) is 6.04 Å². The topological polar surface area (TPSA) is 95.5 Å². The molecule has 0 aromatic heterocycles. The third kappa shape index (κ3) is 5.07. The van der Waals surface area contributed by atoms with Crippen molar-refractivity contribution in [2.45, 2.75) is 65.0 Å². The number of aryl methyl sites for hydroxylation is 1. The predicted octanol–water partition coefficient (Wildman–Crippen LogP) is 2.63. The molecule has 0 saturated heterocycles. The molecule has 0 heterocycles. The minimum atomic E-state index is -1.10. The Morgan fingerprint density at radius 2 is 1.81 bits per heavy atom. The summed E-state index contributed by atoms with van der Waals surface area (Å²) >= 11 is 0. The van der Waals surface area contributed by atoms with Crippen molar-refractivity contribution < 1.29 is 19.5 Å². The molecule has 1 aromatic carbocycles. The van der Waals surface area contributed by atoms with Crippen molar-refractivity contribution in [3.63, 3.8) is 0 Å². The van der Waals surface area contributed by atoms with Crippen LogP contribution in [0.4, 0.5) is 0 Å². The second kappa shape index (κ2) is 8.83. The first-order chi connectivity index (χ1) is 12.3. The number of carbonyl (C=O) groups excluding carboxylic acids is 2. The highest BCUT2D eigenvalue weighted by Gasteiger charge is 2.27. The number of nitrogens with one attached hydrogen (secondary N) is 2. The molecule has 1 aliphatic carbocycles. The monoisotopic (exact) mass is 360 g/mol. The van der Waals surface area contributed by atoms with Crippen molar-refractivity contribution in [1.29, 1.82) is 0 Å². The maximum Gasteiger partial charge on any atom is 0.330 e. The summed E-state index contributed by atoms with van der Waals surface area (Å²) in [5.74, 6) is -1.46. The van der Waals surface area contributed by atoms with Gasteiger partial charge in [-0.25, -0.2) is 4.79 Å². The summed E-state index contributed by atoms with van der Waals surface area (Å²) in [7, 11) is 0. The maximum absolute atomic E-state index is 12.3. The van der Waals surface area contributed by atoms with Crippen LogP contribution in [0.25, 0.3) is 0 Å². The lowest BCUT2D eigenvalue weighted by Crippen LogP contribution is -2.41. The molecular weight excluding hydrogens is 332 g/mol. The largest absolute Gasteiger partial charge is 0.479 e. The molecule has 2 amide bonds. The Labute approximate surface area is 154 Å². The van der Waals surface area contributed by atoms with Gasteiger partial charge in [0.05, 0.1) is 0 Å². The van der Waals surface area contributed by atoms with Gasteiger partial charge in [0.2, 0.25) is 11.8 Å². The fraction of sp³-hybridized carbons (Fsp3) is 0.550. The lowest BCUT2D eigenvalue weighted by atomic mass is 9.97. The molecule has 3 N–H and O–H groups in total. The number of carbonyl (C=O) groups is 3. The van der Waals surface area contributed by atoms with E-state index in [1.54, 1.807) is 19.1 Å². The molecule has 2 atom stereocenters. The predicted molar refractivity (Wildman–Crippen MR) is 98.6 cm³/mol. The number of hydrogen-bond donors (Lipinski definition) is 3. The first kappa shape index (κ1) is 19.9. The summed E-state index contributed by atoms with van der Waals surface area (Å²) in [6.45, 7) is 5.51. The van der Waals surface area contributed by atoms with Gasteiger partial charge < -0.3 is 15.7 Å². The Morgan fingerprint density at radius 3 is 2.42 bits per heavy atom. The third-order valence-corrected chi connectivity index (χ3v) is 5.12. The zero-order valence-electron chi connectivity index (χ0n) is 15.7. The van der Waals surface area contributed by atoms with Crippen LogP contribution in [-0.4, -0.2) is 28.9 Å². The quantitative estimate of drug-likeness (QED) is 0.696. The van der Waals surface area contributed by atoms with E-state index in [2.05, 4.69) is 10.6 Å². The minimum Gasteiger partial charge on any atom is -0.479 e. The average Bonchev–Trinajstić information content (AvgIpc) is 3.09. The minimum absolute atomic E-state index is 0.00730. The Morgan fingerprint density at radius 1 is 1.15 bits per heavy atom. The number of hydrogen-bond acceptors (Lipinski definition) is 3. The summed E-state index contributed by atoms with van der Waals surface area (Å²) in [5, 5.41) is 15.0. The van der Waals surface area contributed by atoms with Gasteiger partial charge in [-0.1, -0.05) is 31.0 Å². The number of rotatable bonds is 7. The van der Waals surface area contributed by atoms with Crippen LogP contribution in [0.5, 0.6) is 0 Å². The van der Waals surface area contributed by atoms with Gasteiger partial charge in [0, 0.05) is 18.4 Å². The summed E-state index contributed by atoms with van der Waals surface area (Å²) in [6.07, 6.45) is 4.00. The van der Waals surface area contributed by atoms with E-state index < -0.39 is 17.9 Å². The molecule has 26 heavy (non-hydrogen) atoms. The Kier molecular flexibility index (Phi) is 6.77. The molecule has 0 aliphatic heterocycles. The molecule has 0 radical (unpaired) electrons. The Bertz CT molecular complexity index is 680. The molecule has 0 spiro atoms. The number of carboxylic acid groups (broad SMARTS) is 1. The zero-order valence-corrected chi connectivity index (χ0v) is 15.7. The summed E-state index contributed by atoms with van der Waals surface area (Å²) in [6, 6.07) is 3.97. The van der Waals surface area contributed by atoms with Gasteiger partial charge in [0.1, 0.15) is 0 Å². The third-order valence-electron chi connectivity index (χ3n) is 5.12. The lowest BCUT2D eigenvalue weighted by molar-refractivity contribution is -0.142. The van der Waals surface area contributed by atoms with Crippen LogP contribution in [0.15, 0.2) is 18.2 Å². The highest BCUT2D eigenvalue weighted by Crippen LogP contribution is 2.25. The molecule has 1 aromatic rings. The van der Waals surface area contributed by atoms with Crippen molar-refractivity contribution in [3.05, 3.63) is 34.9 Å². The number of aliphatic carboxylic acids is 1. The van der Waals surface area contributed by atoms with E-state index in [4.69, 9.17) is 0 Å². The Balaban J connectivity index is 1.96. The van der Waals surface area contributed by atoms with Crippen LogP contribution in [0.3, 0.4) is 0 Å².